The van der Waals surface area contributed by atoms with Gasteiger partial charge in [0.2, 0.25) is 0 Å². The summed E-state index contributed by atoms with van der Waals surface area (Å²) in [5.74, 6) is -0.338. The van der Waals surface area contributed by atoms with Crippen molar-refractivity contribution >= 4 is 17.7 Å². The lowest BCUT2D eigenvalue weighted by molar-refractivity contribution is -0.139. The van der Waals surface area contributed by atoms with E-state index in [0.29, 0.717) is 25.4 Å². The first-order valence-corrected chi connectivity index (χ1v) is 8.05. The fraction of sp³-hybridized carbons (Fsp3) is 0.471. The second kappa shape index (κ2) is 8.90. The molecule has 0 unspecified atom stereocenters. The molecule has 3 amide bonds. The minimum atomic E-state index is -0.638. The van der Waals surface area contributed by atoms with E-state index in [1.165, 1.54) is 7.05 Å². The van der Waals surface area contributed by atoms with Gasteiger partial charge in [0.05, 0.1) is 0 Å². The third-order valence-electron chi connectivity index (χ3n) is 4.06. The molecule has 1 aromatic carbocycles. The smallest absolute Gasteiger partial charge is 0.309 e. The highest BCUT2D eigenvalue weighted by atomic mass is 16.5. The molecular formula is C17H23N3O4. The van der Waals surface area contributed by atoms with Crippen molar-refractivity contribution in [1.82, 2.24) is 15.5 Å². The topological polar surface area (TPSA) is 87.7 Å². The lowest BCUT2D eigenvalue weighted by Crippen LogP contribution is -2.45. The maximum Gasteiger partial charge on any atom is 0.309 e. The highest BCUT2D eigenvalue weighted by Crippen LogP contribution is 2.17. The number of piperidine rings is 1. The number of hydrogen-bond acceptors (Lipinski definition) is 4. The summed E-state index contributed by atoms with van der Waals surface area (Å²) in [6.07, 6.45) is 1.59. The van der Waals surface area contributed by atoms with Crippen molar-refractivity contribution in [2.45, 2.75) is 12.8 Å². The largest absolute Gasteiger partial charge is 0.484 e. The molecule has 1 saturated heterocycles. The van der Waals surface area contributed by atoms with Gasteiger partial charge < -0.3 is 20.3 Å². The summed E-state index contributed by atoms with van der Waals surface area (Å²) in [6.45, 7) is 1.76. The fourth-order valence-electron chi connectivity index (χ4n) is 2.57. The van der Waals surface area contributed by atoms with E-state index in [0.717, 1.165) is 12.8 Å². The minimum Gasteiger partial charge on any atom is -0.484 e. The number of para-hydroxylation sites is 1. The highest BCUT2D eigenvalue weighted by Gasteiger charge is 2.24. The van der Waals surface area contributed by atoms with Crippen LogP contribution in [0.15, 0.2) is 30.3 Å². The number of amides is 3. The lowest BCUT2D eigenvalue weighted by atomic mass is 9.97. The van der Waals surface area contributed by atoms with Gasteiger partial charge in [0.1, 0.15) is 5.75 Å². The molecule has 1 heterocycles. The summed E-state index contributed by atoms with van der Waals surface area (Å²) in [4.78, 5) is 36.5. The van der Waals surface area contributed by atoms with Gasteiger partial charge in [-0.25, -0.2) is 0 Å². The van der Waals surface area contributed by atoms with Crippen LogP contribution in [-0.4, -0.2) is 55.9 Å². The molecule has 0 aromatic heterocycles. The number of benzene rings is 1. The van der Waals surface area contributed by atoms with Crippen molar-refractivity contribution in [2.75, 3.05) is 33.3 Å². The van der Waals surface area contributed by atoms with E-state index < -0.39 is 11.8 Å². The van der Waals surface area contributed by atoms with Crippen LogP contribution in [0.2, 0.25) is 0 Å². The van der Waals surface area contributed by atoms with E-state index >= 15 is 0 Å². The van der Waals surface area contributed by atoms with Gasteiger partial charge in [0, 0.05) is 26.7 Å². The second-order valence-corrected chi connectivity index (χ2v) is 5.72. The molecule has 24 heavy (non-hydrogen) atoms. The number of nitrogens with zero attached hydrogens (tertiary/aromatic N) is 1. The summed E-state index contributed by atoms with van der Waals surface area (Å²) in [7, 11) is 1.42. The van der Waals surface area contributed by atoms with Crippen molar-refractivity contribution in [3.05, 3.63) is 30.3 Å². The van der Waals surface area contributed by atoms with Crippen LogP contribution in [0.4, 0.5) is 0 Å². The number of hydrogen-bond donors (Lipinski definition) is 2. The fourth-order valence-corrected chi connectivity index (χ4v) is 2.57. The van der Waals surface area contributed by atoms with Gasteiger partial charge in [-0.3, -0.25) is 14.4 Å². The van der Waals surface area contributed by atoms with Gasteiger partial charge in [-0.05, 0) is 30.9 Å². The summed E-state index contributed by atoms with van der Waals surface area (Å²) >= 11 is 0. The van der Waals surface area contributed by atoms with Crippen LogP contribution < -0.4 is 15.4 Å². The third-order valence-corrected chi connectivity index (χ3v) is 4.06. The van der Waals surface area contributed by atoms with Crippen LogP contribution in [-0.2, 0) is 14.4 Å². The molecule has 0 bridgehead atoms. The summed E-state index contributed by atoms with van der Waals surface area (Å²) < 4.78 is 5.47. The van der Waals surface area contributed by atoms with E-state index in [2.05, 4.69) is 10.6 Å². The molecule has 2 N–H and O–H groups in total. The molecule has 0 spiro atoms. The van der Waals surface area contributed by atoms with Crippen LogP contribution in [0.1, 0.15) is 12.8 Å². The predicted molar refractivity (Wildman–Crippen MR) is 88.3 cm³/mol. The quantitative estimate of drug-likeness (QED) is 0.752. The van der Waals surface area contributed by atoms with Crippen LogP contribution in [0, 0.1) is 5.92 Å². The van der Waals surface area contributed by atoms with Gasteiger partial charge in [-0.2, -0.15) is 0 Å². The second-order valence-electron chi connectivity index (χ2n) is 5.72. The van der Waals surface area contributed by atoms with Crippen molar-refractivity contribution in [1.29, 1.82) is 0 Å². The van der Waals surface area contributed by atoms with Crippen LogP contribution in [0.5, 0.6) is 5.75 Å². The summed E-state index contributed by atoms with van der Waals surface area (Å²) in [5, 5.41) is 4.90. The monoisotopic (exact) mass is 333 g/mol. The number of ether oxygens (including phenoxy) is 1. The van der Waals surface area contributed by atoms with E-state index in [1.54, 1.807) is 4.90 Å². The zero-order chi connectivity index (χ0) is 17.4. The molecule has 0 aliphatic carbocycles. The number of carbonyl (C=O) groups is 3. The summed E-state index contributed by atoms with van der Waals surface area (Å²) in [6, 6.07) is 9.24. The number of carbonyl (C=O) groups excluding carboxylic acids is 3. The van der Waals surface area contributed by atoms with Crippen LogP contribution >= 0.6 is 0 Å². The molecule has 1 aromatic rings. The first-order chi connectivity index (χ1) is 11.6. The third kappa shape index (κ3) is 5.26. The van der Waals surface area contributed by atoms with Crippen LogP contribution in [0.25, 0.3) is 0 Å². The van der Waals surface area contributed by atoms with Gasteiger partial charge >= 0.3 is 11.8 Å². The van der Waals surface area contributed by atoms with E-state index in [4.69, 9.17) is 4.74 Å². The Morgan fingerprint density at radius 3 is 2.42 bits per heavy atom. The van der Waals surface area contributed by atoms with Gasteiger partial charge in [0.15, 0.2) is 6.61 Å². The van der Waals surface area contributed by atoms with E-state index in [1.807, 2.05) is 30.3 Å². The van der Waals surface area contributed by atoms with Crippen LogP contribution in [0.3, 0.4) is 0 Å². The average Bonchev–Trinajstić information content (AvgIpc) is 2.64. The minimum absolute atomic E-state index is 0.0298. The molecule has 0 saturated carbocycles. The summed E-state index contributed by atoms with van der Waals surface area (Å²) in [5.41, 5.74) is 0. The Morgan fingerprint density at radius 1 is 1.12 bits per heavy atom. The molecule has 7 nitrogen and oxygen atoms in total. The van der Waals surface area contributed by atoms with Crippen molar-refractivity contribution in [3.8, 4) is 5.75 Å². The zero-order valence-electron chi connectivity index (χ0n) is 13.8. The number of rotatable bonds is 5. The molecule has 2 rings (SSSR count). The Hall–Kier alpha value is -2.57. The standard InChI is InChI=1S/C17H23N3O4/c1-18-16(22)17(23)19-11-13-7-9-20(10-8-13)15(21)12-24-14-5-3-2-4-6-14/h2-6,13H,7-12H2,1H3,(H,18,22)(H,19,23). The first-order valence-electron chi connectivity index (χ1n) is 8.05. The Balaban J connectivity index is 1.67. The van der Waals surface area contributed by atoms with Gasteiger partial charge in [0.25, 0.3) is 5.91 Å². The van der Waals surface area contributed by atoms with Crippen molar-refractivity contribution in [3.63, 3.8) is 0 Å². The molecule has 1 aliphatic heterocycles. The Bertz CT molecular complexity index is 568. The highest BCUT2D eigenvalue weighted by molar-refractivity contribution is 6.34. The van der Waals surface area contributed by atoms with Crippen molar-refractivity contribution < 1.29 is 19.1 Å². The Kier molecular flexibility index (Phi) is 6.60. The maximum absolute atomic E-state index is 12.2. The molecule has 130 valence electrons. The predicted octanol–water partition coefficient (Wildman–Crippen LogP) is 0.166. The molecule has 1 aliphatic rings. The molecule has 1 fully saturated rings. The van der Waals surface area contributed by atoms with E-state index in [9.17, 15) is 14.4 Å². The molecule has 0 atom stereocenters. The van der Waals surface area contributed by atoms with E-state index in [-0.39, 0.29) is 18.4 Å². The zero-order valence-corrected chi connectivity index (χ0v) is 13.8. The Labute approximate surface area is 141 Å². The molecule has 7 heteroatoms. The number of nitrogens with one attached hydrogen (secondary N) is 2. The maximum atomic E-state index is 12.2. The first kappa shape index (κ1) is 17.8. The Morgan fingerprint density at radius 2 is 1.79 bits per heavy atom. The number of likely N-dealkylation sites (N-methyl/N-ethyl adjacent to an activating group) is 1. The molecular weight excluding hydrogens is 310 g/mol. The molecule has 0 radical (unpaired) electrons. The average molecular weight is 333 g/mol. The normalized spacial score (nSPS) is 14.8. The number of likely N-dealkylation sites (tertiary alicyclic amines) is 1. The van der Waals surface area contributed by atoms with Crippen molar-refractivity contribution in [2.24, 2.45) is 5.92 Å². The van der Waals surface area contributed by atoms with Gasteiger partial charge in [-0.1, -0.05) is 18.2 Å². The SMILES string of the molecule is CNC(=O)C(=O)NCC1CCN(C(=O)COc2ccccc2)CC1. The lowest BCUT2D eigenvalue weighted by Gasteiger charge is -2.32. The van der Waals surface area contributed by atoms with Gasteiger partial charge in [-0.15, -0.1) is 0 Å².